The summed E-state index contributed by atoms with van der Waals surface area (Å²) in [7, 11) is 1.69. The first kappa shape index (κ1) is 16.4. The van der Waals surface area contributed by atoms with Gasteiger partial charge < -0.3 is 10.1 Å². The number of aromatic nitrogens is 2. The van der Waals surface area contributed by atoms with Gasteiger partial charge in [0.2, 0.25) is 0 Å². The first-order chi connectivity index (χ1) is 10.2. The Morgan fingerprint density at radius 1 is 1.38 bits per heavy atom. The predicted molar refractivity (Wildman–Crippen MR) is 90.1 cm³/mol. The van der Waals surface area contributed by atoms with Crippen LogP contribution in [0.3, 0.4) is 0 Å². The third kappa shape index (κ3) is 4.02. The first-order valence-corrected chi connectivity index (χ1v) is 8.63. The number of hydrogen-bond donors (Lipinski definition) is 1. The minimum absolute atomic E-state index is 0.230. The smallest absolute Gasteiger partial charge is 0.119 e. The molecule has 1 aromatic heterocycles. The van der Waals surface area contributed by atoms with Gasteiger partial charge in [0.15, 0.2) is 0 Å². The van der Waals surface area contributed by atoms with E-state index in [1.165, 1.54) is 22.0 Å². The molecule has 6 heteroatoms. The van der Waals surface area contributed by atoms with Crippen LogP contribution in [0.5, 0.6) is 5.75 Å². The summed E-state index contributed by atoms with van der Waals surface area (Å²) in [6, 6.07) is 6.30. The molecular weight excluding hydrogens is 350 g/mol. The predicted octanol–water partition coefficient (Wildman–Crippen LogP) is 3.76. The van der Waals surface area contributed by atoms with Crippen LogP contribution >= 0.6 is 27.5 Å². The van der Waals surface area contributed by atoms with Crippen molar-refractivity contribution in [1.82, 2.24) is 14.9 Å². The minimum Gasteiger partial charge on any atom is -0.497 e. The van der Waals surface area contributed by atoms with Gasteiger partial charge >= 0.3 is 0 Å². The van der Waals surface area contributed by atoms with E-state index in [0.717, 1.165) is 35.3 Å². The van der Waals surface area contributed by atoms with Crippen molar-refractivity contribution >= 4 is 27.5 Å². The number of rotatable bonds is 7. The van der Waals surface area contributed by atoms with Crippen LogP contribution in [0.15, 0.2) is 22.7 Å². The molecule has 2 aromatic rings. The number of hydrogen-bond acceptors (Lipinski definition) is 5. The molecule has 0 fully saturated rings. The highest BCUT2D eigenvalue weighted by molar-refractivity contribution is 9.10. The van der Waals surface area contributed by atoms with Gasteiger partial charge in [-0.1, -0.05) is 34.3 Å². The second-order valence-corrected chi connectivity index (χ2v) is 6.35. The molecule has 114 valence electrons. The molecule has 1 N–H and O–H groups in total. The number of benzene rings is 1. The maximum absolute atomic E-state index is 5.32. The van der Waals surface area contributed by atoms with Crippen molar-refractivity contribution in [2.24, 2.45) is 0 Å². The molecule has 2 rings (SSSR count). The Bertz CT molecular complexity index is 588. The van der Waals surface area contributed by atoms with Crippen LogP contribution in [-0.2, 0) is 12.8 Å². The molecule has 0 aliphatic carbocycles. The molecule has 21 heavy (non-hydrogen) atoms. The average Bonchev–Trinajstić information content (AvgIpc) is 2.97. The third-order valence-corrected chi connectivity index (χ3v) is 5.02. The highest BCUT2D eigenvalue weighted by Crippen LogP contribution is 2.29. The number of likely N-dealkylation sites (N-methyl/N-ethyl adjacent to an activating group) is 1. The molecule has 1 atom stereocenters. The van der Waals surface area contributed by atoms with Crippen molar-refractivity contribution in [3.63, 3.8) is 0 Å². The van der Waals surface area contributed by atoms with Crippen LogP contribution in [0, 0.1) is 0 Å². The lowest BCUT2D eigenvalue weighted by Gasteiger charge is -2.18. The van der Waals surface area contributed by atoms with Crippen molar-refractivity contribution in [2.45, 2.75) is 32.7 Å². The van der Waals surface area contributed by atoms with Gasteiger partial charge in [0, 0.05) is 10.5 Å². The Morgan fingerprint density at radius 2 is 2.19 bits per heavy atom. The second kappa shape index (κ2) is 7.87. The van der Waals surface area contributed by atoms with E-state index < -0.39 is 0 Å². The van der Waals surface area contributed by atoms with E-state index in [4.69, 9.17) is 4.74 Å². The van der Waals surface area contributed by atoms with E-state index in [0.29, 0.717) is 0 Å². The monoisotopic (exact) mass is 369 g/mol. The summed E-state index contributed by atoms with van der Waals surface area (Å²) in [5.74, 6) is 0.876. The zero-order valence-corrected chi connectivity index (χ0v) is 14.9. The average molecular weight is 370 g/mol. The highest BCUT2D eigenvalue weighted by Gasteiger charge is 2.19. The Labute approximate surface area is 138 Å². The van der Waals surface area contributed by atoms with Crippen molar-refractivity contribution in [3.8, 4) is 5.75 Å². The fourth-order valence-electron chi connectivity index (χ4n) is 2.28. The van der Waals surface area contributed by atoms with E-state index in [2.05, 4.69) is 50.7 Å². The van der Waals surface area contributed by atoms with Crippen molar-refractivity contribution < 1.29 is 4.74 Å². The zero-order chi connectivity index (χ0) is 15.2. The number of nitrogens with zero attached hydrogens (tertiary/aromatic N) is 2. The van der Waals surface area contributed by atoms with Crippen LogP contribution in [-0.4, -0.2) is 23.2 Å². The van der Waals surface area contributed by atoms with Gasteiger partial charge in [0.25, 0.3) is 0 Å². The Hall–Kier alpha value is -0.980. The van der Waals surface area contributed by atoms with Crippen molar-refractivity contribution in [1.29, 1.82) is 0 Å². The molecule has 0 saturated heterocycles. The molecule has 0 amide bonds. The molecule has 1 aromatic carbocycles. The van der Waals surface area contributed by atoms with Gasteiger partial charge in [-0.15, -0.1) is 5.10 Å². The minimum atomic E-state index is 0.230. The van der Waals surface area contributed by atoms with Gasteiger partial charge in [-0.05, 0) is 54.7 Å². The van der Waals surface area contributed by atoms with Gasteiger partial charge in [-0.3, -0.25) is 0 Å². The van der Waals surface area contributed by atoms with Gasteiger partial charge in [-0.25, -0.2) is 0 Å². The lowest BCUT2D eigenvalue weighted by Crippen LogP contribution is -2.23. The van der Waals surface area contributed by atoms with Crippen LogP contribution in [0.2, 0.25) is 0 Å². The van der Waals surface area contributed by atoms with Crippen LogP contribution < -0.4 is 10.1 Å². The normalized spacial score (nSPS) is 12.4. The molecule has 0 aliphatic heterocycles. The summed E-state index contributed by atoms with van der Waals surface area (Å²) in [6.45, 7) is 5.14. The Morgan fingerprint density at radius 3 is 2.86 bits per heavy atom. The summed E-state index contributed by atoms with van der Waals surface area (Å²) < 4.78 is 10.5. The number of aryl methyl sites for hydroxylation is 1. The maximum atomic E-state index is 5.32. The molecule has 0 bridgehead atoms. The Balaban J connectivity index is 2.28. The lowest BCUT2D eigenvalue weighted by atomic mass is 10.0. The summed E-state index contributed by atoms with van der Waals surface area (Å²) in [4.78, 5) is 1.23. The number of nitrogens with one attached hydrogen (secondary N) is 1. The summed E-state index contributed by atoms with van der Waals surface area (Å²) >= 11 is 5.11. The number of halogens is 1. The second-order valence-electron chi connectivity index (χ2n) is 4.71. The van der Waals surface area contributed by atoms with E-state index in [1.807, 2.05) is 12.1 Å². The molecule has 1 unspecified atom stereocenters. The fourth-order valence-corrected chi connectivity index (χ4v) is 3.50. The molecule has 0 aliphatic rings. The molecule has 1 heterocycles. The van der Waals surface area contributed by atoms with Crippen LogP contribution in [0.4, 0.5) is 0 Å². The standard InChI is InChI=1S/C15H20BrN3OS/c1-4-13-15(21-19-18-13)14(17-5-2)9-10-8-11(20-3)6-7-12(10)16/h6-8,14,17H,4-5,9H2,1-3H3. The summed E-state index contributed by atoms with van der Waals surface area (Å²) in [6.07, 6.45) is 1.79. The number of ether oxygens (including phenoxy) is 1. The zero-order valence-electron chi connectivity index (χ0n) is 12.5. The quantitative estimate of drug-likeness (QED) is 0.806. The molecule has 0 saturated carbocycles. The lowest BCUT2D eigenvalue weighted by molar-refractivity contribution is 0.413. The highest BCUT2D eigenvalue weighted by atomic mass is 79.9. The third-order valence-electron chi connectivity index (χ3n) is 3.36. The largest absolute Gasteiger partial charge is 0.497 e. The summed E-state index contributed by atoms with van der Waals surface area (Å²) in [5.41, 5.74) is 2.31. The molecule has 4 nitrogen and oxygen atoms in total. The number of methoxy groups -OCH3 is 1. The van der Waals surface area contributed by atoms with Crippen LogP contribution in [0.1, 0.15) is 36.0 Å². The molecular formula is C15H20BrN3OS. The molecule has 0 spiro atoms. The van der Waals surface area contributed by atoms with Crippen molar-refractivity contribution in [2.75, 3.05) is 13.7 Å². The first-order valence-electron chi connectivity index (χ1n) is 7.06. The maximum Gasteiger partial charge on any atom is 0.119 e. The van der Waals surface area contributed by atoms with Gasteiger partial charge in [0.05, 0.1) is 17.7 Å². The SMILES string of the molecule is CCNC(Cc1cc(OC)ccc1Br)c1snnc1CC. The summed E-state index contributed by atoms with van der Waals surface area (Å²) in [5, 5.41) is 7.77. The topological polar surface area (TPSA) is 47.0 Å². The fraction of sp³-hybridized carbons (Fsp3) is 0.467. The van der Waals surface area contributed by atoms with E-state index in [9.17, 15) is 0 Å². The molecule has 0 radical (unpaired) electrons. The van der Waals surface area contributed by atoms with E-state index in [1.54, 1.807) is 7.11 Å². The van der Waals surface area contributed by atoms with Gasteiger partial charge in [-0.2, -0.15) is 0 Å². The van der Waals surface area contributed by atoms with Crippen LogP contribution in [0.25, 0.3) is 0 Å². The Kier molecular flexibility index (Phi) is 6.14. The van der Waals surface area contributed by atoms with E-state index >= 15 is 0 Å². The van der Waals surface area contributed by atoms with Gasteiger partial charge in [0.1, 0.15) is 5.75 Å². The van der Waals surface area contributed by atoms with Crippen molar-refractivity contribution in [3.05, 3.63) is 38.8 Å². The van der Waals surface area contributed by atoms with E-state index in [-0.39, 0.29) is 6.04 Å².